The van der Waals surface area contributed by atoms with Gasteiger partial charge in [0.2, 0.25) is 5.91 Å². The lowest BCUT2D eigenvalue weighted by Gasteiger charge is -2.10. The molecule has 0 spiro atoms. The highest BCUT2D eigenvalue weighted by Gasteiger charge is 2.15. The minimum absolute atomic E-state index is 0.108. The number of carbonyl (C=O) groups excluding carboxylic acids is 2. The van der Waals surface area contributed by atoms with Gasteiger partial charge in [-0.1, -0.05) is 72.8 Å². The van der Waals surface area contributed by atoms with Crippen LogP contribution in [0.2, 0.25) is 0 Å². The van der Waals surface area contributed by atoms with Crippen molar-refractivity contribution in [1.82, 2.24) is 0 Å². The molecule has 0 aliphatic carbocycles. The highest BCUT2D eigenvalue weighted by molar-refractivity contribution is 8.00. The molecule has 4 aromatic rings. The lowest BCUT2D eigenvalue weighted by atomic mass is 10.0. The number of rotatable bonds is 6. The lowest BCUT2D eigenvalue weighted by Crippen LogP contribution is -2.16. The average Bonchev–Trinajstić information content (AvgIpc) is 2.78. The summed E-state index contributed by atoms with van der Waals surface area (Å²) in [5.41, 5.74) is 1.62. The molecular weight excluding hydrogens is 378 g/mol. The molecule has 29 heavy (non-hydrogen) atoms. The van der Waals surface area contributed by atoms with Crippen LogP contribution in [0.4, 0.5) is 5.69 Å². The molecule has 0 unspecified atom stereocenters. The first kappa shape index (κ1) is 19.0. The summed E-state index contributed by atoms with van der Waals surface area (Å²) in [6.45, 7) is 0. The third-order valence-corrected chi connectivity index (χ3v) is 5.57. The van der Waals surface area contributed by atoms with Gasteiger partial charge in [0.25, 0.3) is 0 Å². The third kappa shape index (κ3) is 4.55. The monoisotopic (exact) mass is 397 g/mol. The van der Waals surface area contributed by atoms with Crippen LogP contribution in [0.5, 0.6) is 0 Å². The summed E-state index contributed by atoms with van der Waals surface area (Å²) in [6.07, 6.45) is 0. The van der Waals surface area contributed by atoms with Crippen LogP contribution in [-0.2, 0) is 4.79 Å². The molecule has 0 aromatic heterocycles. The molecule has 0 atom stereocenters. The second kappa shape index (κ2) is 8.76. The van der Waals surface area contributed by atoms with Gasteiger partial charge in [-0.05, 0) is 35.0 Å². The van der Waals surface area contributed by atoms with Gasteiger partial charge in [0.15, 0.2) is 5.78 Å². The van der Waals surface area contributed by atoms with Crippen LogP contribution in [0.1, 0.15) is 15.9 Å². The van der Waals surface area contributed by atoms with Gasteiger partial charge in [-0.25, -0.2) is 0 Å². The van der Waals surface area contributed by atoms with Crippen molar-refractivity contribution >= 4 is 39.9 Å². The lowest BCUT2D eigenvalue weighted by molar-refractivity contribution is -0.113. The summed E-state index contributed by atoms with van der Waals surface area (Å²) in [7, 11) is 0. The fraction of sp³-hybridized carbons (Fsp3) is 0.0400. The van der Waals surface area contributed by atoms with Crippen molar-refractivity contribution in [2.45, 2.75) is 4.90 Å². The molecule has 0 saturated heterocycles. The number of benzene rings is 4. The number of ketones is 1. The molecule has 0 heterocycles. The van der Waals surface area contributed by atoms with E-state index in [9.17, 15) is 9.59 Å². The van der Waals surface area contributed by atoms with E-state index in [0.717, 1.165) is 10.3 Å². The largest absolute Gasteiger partial charge is 0.325 e. The Bertz CT molecular complexity index is 1170. The first-order valence-corrected chi connectivity index (χ1v) is 10.3. The number of carbonyl (C=O) groups is 2. The Morgan fingerprint density at radius 1 is 0.724 bits per heavy atom. The normalized spacial score (nSPS) is 10.6. The smallest absolute Gasteiger partial charge is 0.234 e. The van der Waals surface area contributed by atoms with Gasteiger partial charge < -0.3 is 5.32 Å². The number of fused-ring (bicyclic) bond motifs is 1. The zero-order valence-corrected chi connectivity index (χ0v) is 16.5. The molecule has 4 heteroatoms. The van der Waals surface area contributed by atoms with Gasteiger partial charge in [0, 0.05) is 16.0 Å². The topological polar surface area (TPSA) is 46.2 Å². The van der Waals surface area contributed by atoms with E-state index in [4.69, 9.17) is 0 Å². The van der Waals surface area contributed by atoms with E-state index in [1.807, 2.05) is 42.5 Å². The molecule has 4 rings (SSSR count). The first-order valence-electron chi connectivity index (χ1n) is 9.31. The van der Waals surface area contributed by atoms with Gasteiger partial charge >= 0.3 is 0 Å². The van der Waals surface area contributed by atoms with Crippen molar-refractivity contribution in [2.24, 2.45) is 0 Å². The van der Waals surface area contributed by atoms with Crippen molar-refractivity contribution in [3.8, 4) is 0 Å². The average molecular weight is 397 g/mol. The highest BCUT2D eigenvalue weighted by atomic mass is 32.2. The first-order chi connectivity index (χ1) is 14.2. The fourth-order valence-corrected chi connectivity index (χ4v) is 3.87. The summed E-state index contributed by atoms with van der Waals surface area (Å²) in [6, 6.07) is 30.5. The molecule has 0 radical (unpaired) electrons. The number of hydrogen-bond donors (Lipinski definition) is 1. The molecule has 1 N–H and O–H groups in total. The summed E-state index contributed by atoms with van der Waals surface area (Å²) in [4.78, 5) is 26.3. The van der Waals surface area contributed by atoms with Crippen LogP contribution in [0.25, 0.3) is 10.8 Å². The molecule has 142 valence electrons. The quantitative estimate of drug-likeness (QED) is 0.330. The van der Waals surface area contributed by atoms with Crippen LogP contribution in [0, 0.1) is 0 Å². The number of anilines is 1. The number of nitrogens with one attached hydrogen (secondary N) is 1. The molecule has 0 bridgehead atoms. The van der Waals surface area contributed by atoms with Crippen molar-refractivity contribution in [3.63, 3.8) is 0 Å². The minimum atomic E-state index is -0.142. The molecule has 0 saturated carbocycles. The maximum atomic E-state index is 12.8. The summed E-state index contributed by atoms with van der Waals surface area (Å²) in [5, 5.41) is 5.21. The van der Waals surface area contributed by atoms with Crippen molar-refractivity contribution in [2.75, 3.05) is 11.1 Å². The zero-order valence-electron chi connectivity index (χ0n) is 15.7. The van der Waals surface area contributed by atoms with E-state index in [1.54, 1.807) is 30.3 Å². The van der Waals surface area contributed by atoms with Crippen molar-refractivity contribution in [1.29, 1.82) is 0 Å². The second-order valence-electron chi connectivity index (χ2n) is 6.59. The predicted octanol–water partition coefficient (Wildman–Crippen LogP) is 5.80. The van der Waals surface area contributed by atoms with Gasteiger partial charge in [0.1, 0.15) is 0 Å². The Morgan fingerprint density at radius 2 is 1.41 bits per heavy atom. The SMILES string of the molecule is O=C(CSc1ccc2ccccc2c1)Nc1ccccc1C(=O)c1ccccc1. The summed E-state index contributed by atoms with van der Waals surface area (Å²) >= 11 is 1.48. The molecule has 0 fully saturated rings. The number of para-hydroxylation sites is 1. The molecule has 0 aliphatic rings. The molecule has 1 amide bonds. The second-order valence-corrected chi connectivity index (χ2v) is 7.64. The van der Waals surface area contributed by atoms with Gasteiger partial charge in [-0.15, -0.1) is 11.8 Å². The van der Waals surface area contributed by atoms with Gasteiger partial charge in [-0.2, -0.15) is 0 Å². The third-order valence-electron chi connectivity index (χ3n) is 4.57. The molecule has 4 aromatic carbocycles. The van der Waals surface area contributed by atoms with Crippen LogP contribution in [-0.4, -0.2) is 17.4 Å². The Kier molecular flexibility index (Phi) is 5.73. The summed E-state index contributed by atoms with van der Waals surface area (Å²) < 4.78 is 0. The Labute approximate surface area is 173 Å². The van der Waals surface area contributed by atoms with Gasteiger partial charge in [0.05, 0.1) is 11.4 Å². The van der Waals surface area contributed by atoms with E-state index in [2.05, 4.69) is 29.6 Å². The Balaban J connectivity index is 1.45. The van der Waals surface area contributed by atoms with E-state index >= 15 is 0 Å². The van der Waals surface area contributed by atoms with Gasteiger partial charge in [-0.3, -0.25) is 9.59 Å². The van der Waals surface area contributed by atoms with E-state index in [-0.39, 0.29) is 17.4 Å². The predicted molar refractivity (Wildman–Crippen MR) is 120 cm³/mol. The van der Waals surface area contributed by atoms with Crippen LogP contribution >= 0.6 is 11.8 Å². The van der Waals surface area contributed by atoms with E-state index < -0.39 is 0 Å². The van der Waals surface area contributed by atoms with Crippen LogP contribution in [0.15, 0.2) is 102 Å². The fourth-order valence-electron chi connectivity index (χ4n) is 3.13. The molecular formula is C25H19NO2S. The molecule has 3 nitrogen and oxygen atoms in total. The number of hydrogen-bond acceptors (Lipinski definition) is 3. The van der Waals surface area contributed by atoms with E-state index in [1.165, 1.54) is 17.1 Å². The Hall–Kier alpha value is -3.37. The molecule has 0 aliphatic heterocycles. The minimum Gasteiger partial charge on any atom is -0.325 e. The number of thioether (sulfide) groups is 1. The van der Waals surface area contributed by atoms with Crippen molar-refractivity contribution < 1.29 is 9.59 Å². The van der Waals surface area contributed by atoms with Crippen molar-refractivity contribution in [3.05, 3.63) is 108 Å². The standard InChI is InChI=1S/C25H19NO2S/c27-24(17-29-21-15-14-18-8-4-5-11-20(18)16-21)26-23-13-7-6-12-22(23)25(28)19-9-2-1-3-10-19/h1-16H,17H2,(H,26,27). The van der Waals surface area contributed by atoms with Crippen LogP contribution in [0.3, 0.4) is 0 Å². The summed E-state index contributed by atoms with van der Waals surface area (Å²) in [5.74, 6) is 0.0202. The maximum Gasteiger partial charge on any atom is 0.234 e. The Morgan fingerprint density at radius 3 is 2.24 bits per heavy atom. The number of amides is 1. The van der Waals surface area contributed by atoms with Crippen LogP contribution < -0.4 is 5.32 Å². The maximum absolute atomic E-state index is 12.8. The van der Waals surface area contributed by atoms with E-state index in [0.29, 0.717) is 16.8 Å². The highest BCUT2D eigenvalue weighted by Crippen LogP contribution is 2.24. The zero-order chi connectivity index (χ0) is 20.1.